The minimum atomic E-state index is -0.909. The van der Waals surface area contributed by atoms with Crippen molar-refractivity contribution in [3.05, 3.63) is 35.4 Å². The number of hydrogen-bond donors (Lipinski definition) is 3. The molecule has 4 heteroatoms. The minimum absolute atomic E-state index is 0.0831. The molecule has 0 heterocycles. The maximum Gasteiger partial charge on any atom is 0.335 e. The molecule has 0 radical (unpaired) electrons. The van der Waals surface area contributed by atoms with E-state index >= 15 is 0 Å². The molecule has 0 aliphatic carbocycles. The van der Waals surface area contributed by atoms with Crippen LogP contribution in [0.25, 0.3) is 0 Å². The number of nitrogens with one attached hydrogen (secondary N) is 1. The Kier molecular flexibility index (Phi) is 5.31. The molecular weight excluding hydrogens is 230 g/mol. The van der Waals surface area contributed by atoms with Crippen molar-refractivity contribution in [3.8, 4) is 0 Å². The molecule has 0 aromatic heterocycles. The summed E-state index contributed by atoms with van der Waals surface area (Å²) >= 11 is 0. The van der Waals surface area contributed by atoms with Gasteiger partial charge < -0.3 is 15.5 Å². The summed E-state index contributed by atoms with van der Waals surface area (Å²) in [4.78, 5) is 10.7. The number of aliphatic hydroxyl groups excluding tert-OH is 1. The molecule has 18 heavy (non-hydrogen) atoms. The Morgan fingerprint density at radius 1 is 1.33 bits per heavy atom. The SMILES string of the molecule is CCC(C)(CCO)NCc1ccc(C(=O)O)cc1. The lowest BCUT2D eigenvalue weighted by molar-refractivity contribution is 0.0697. The molecule has 4 nitrogen and oxygen atoms in total. The second-order valence-corrected chi connectivity index (χ2v) is 4.74. The van der Waals surface area contributed by atoms with Crippen molar-refractivity contribution in [3.63, 3.8) is 0 Å². The molecule has 1 aromatic carbocycles. The van der Waals surface area contributed by atoms with E-state index in [1.165, 1.54) is 0 Å². The smallest absolute Gasteiger partial charge is 0.335 e. The summed E-state index contributed by atoms with van der Waals surface area (Å²) in [5, 5.41) is 21.2. The molecule has 0 aliphatic rings. The molecular formula is C14H21NO3. The van der Waals surface area contributed by atoms with E-state index < -0.39 is 5.97 Å². The normalized spacial score (nSPS) is 14.2. The Morgan fingerprint density at radius 3 is 2.39 bits per heavy atom. The Balaban J connectivity index is 2.60. The molecule has 0 amide bonds. The number of aliphatic hydroxyl groups is 1. The third-order valence-corrected chi connectivity index (χ3v) is 3.36. The summed E-state index contributed by atoms with van der Waals surface area (Å²) < 4.78 is 0. The van der Waals surface area contributed by atoms with E-state index in [0.717, 1.165) is 12.0 Å². The minimum Gasteiger partial charge on any atom is -0.478 e. The lowest BCUT2D eigenvalue weighted by atomic mass is 9.94. The molecule has 0 bridgehead atoms. The average molecular weight is 251 g/mol. The molecule has 0 spiro atoms. The van der Waals surface area contributed by atoms with E-state index in [1.807, 2.05) is 12.1 Å². The van der Waals surface area contributed by atoms with Crippen LogP contribution in [0.4, 0.5) is 0 Å². The molecule has 1 rings (SSSR count). The number of carboxylic acid groups (broad SMARTS) is 1. The van der Waals surface area contributed by atoms with Crippen LogP contribution in [0, 0.1) is 0 Å². The van der Waals surface area contributed by atoms with Gasteiger partial charge in [-0.05, 0) is 37.5 Å². The second-order valence-electron chi connectivity index (χ2n) is 4.74. The molecule has 3 N–H and O–H groups in total. The van der Waals surface area contributed by atoms with Crippen molar-refractivity contribution in [2.75, 3.05) is 6.61 Å². The quantitative estimate of drug-likeness (QED) is 0.693. The van der Waals surface area contributed by atoms with Crippen molar-refractivity contribution in [2.24, 2.45) is 0 Å². The van der Waals surface area contributed by atoms with Crippen LogP contribution in [0.5, 0.6) is 0 Å². The van der Waals surface area contributed by atoms with Crippen LogP contribution in [-0.2, 0) is 6.54 Å². The summed E-state index contributed by atoms with van der Waals surface area (Å²) in [5.41, 5.74) is 1.25. The van der Waals surface area contributed by atoms with Crippen LogP contribution >= 0.6 is 0 Å². The maximum atomic E-state index is 10.7. The predicted octanol–water partition coefficient (Wildman–Crippen LogP) is 2.03. The first-order chi connectivity index (χ1) is 8.50. The highest BCUT2D eigenvalue weighted by atomic mass is 16.4. The van der Waals surface area contributed by atoms with Gasteiger partial charge in [0.25, 0.3) is 0 Å². The van der Waals surface area contributed by atoms with E-state index in [0.29, 0.717) is 18.5 Å². The molecule has 1 unspecified atom stereocenters. The highest BCUT2D eigenvalue weighted by Gasteiger charge is 2.20. The Bertz CT molecular complexity index is 389. The Hall–Kier alpha value is -1.39. The van der Waals surface area contributed by atoms with Crippen LogP contribution in [-0.4, -0.2) is 28.3 Å². The van der Waals surface area contributed by atoms with E-state index in [4.69, 9.17) is 10.2 Å². The molecule has 1 aromatic rings. The van der Waals surface area contributed by atoms with Gasteiger partial charge in [-0.2, -0.15) is 0 Å². The number of rotatable bonds is 7. The zero-order valence-corrected chi connectivity index (χ0v) is 10.9. The van der Waals surface area contributed by atoms with Crippen LogP contribution < -0.4 is 5.32 Å². The standard InChI is InChI=1S/C14H21NO3/c1-3-14(2,8-9-16)15-10-11-4-6-12(7-5-11)13(17)18/h4-7,15-16H,3,8-10H2,1-2H3,(H,17,18). The van der Waals surface area contributed by atoms with Crippen molar-refractivity contribution < 1.29 is 15.0 Å². The third-order valence-electron chi connectivity index (χ3n) is 3.36. The van der Waals surface area contributed by atoms with E-state index in [9.17, 15) is 4.79 Å². The fraction of sp³-hybridized carbons (Fsp3) is 0.500. The van der Waals surface area contributed by atoms with Crippen molar-refractivity contribution in [1.82, 2.24) is 5.32 Å². The number of carboxylic acids is 1. The van der Waals surface area contributed by atoms with Gasteiger partial charge in [0.05, 0.1) is 5.56 Å². The molecule has 100 valence electrons. The van der Waals surface area contributed by atoms with Gasteiger partial charge in [0.1, 0.15) is 0 Å². The maximum absolute atomic E-state index is 10.7. The summed E-state index contributed by atoms with van der Waals surface area (Å²) in [5.74, 6) is -0.909. The number of carbonyl (C=O) groups is 1. The monoisotopic (exact) mass is 251 g/mol. The number of benzene rings is 1. The van der Waals surface area contributed by atoms with Gasteiger partial charge in [-0.1, -0.05) is 19.1 Å². The first kappa shape index (κ1) is 14.7. The van der Waals surface area contributed by atoms with Gasteiger partial charge in [-0.25, -0.2) is 4.79 Å². The van der Waals surface area contributed by atoms with Gasteiger partial charge in [-0.3, -0.25) is 0 Å². The fourth-order valence-electron chi connectivity index (χ4n) is 1.72. The lowest BCUT2D eigenvalue weighted by Gasteiger charge is -2.29. The zero-order valence-electron chi connectivity index (χ0n) is 10.9. The number of hydrogen-bond acceptors (Lipinski definition) is 3. The van der Waals surface area contributed by atoms with Gasteiger partial charge in [0.15, 0.2) is 0 Å². The highest BCUT2D eigenvalue weighted by molar-refractivity contribution is 5.87. The molecule has 1 atom stereocenters. The summed E-state index contributed by atoms with van der Waals surface area (Å²) in [6.45, 7) is 4.99. The largest absolute Gasteiger partial charge is 0.478 e. The van der Waals surface area contributed by atoms with Gasteiger partial charge >= 0.3 is 5.97 Å². The highest BCUT2D eigenvalue weighted by Crippen LogP contribution is 2.15. The van der Waals surface area contributed by atoms with Crippen LogP contribution in [0.15, 0.2) is 24.3 Å². The fourth-order valence-corrected chi connectivity index (χ4v) is 1.72. The van der Waals surface area contributed by atoms with E-state index in [2.05, 4.69) is 19.2 Å². The second kappa shape index (κ2) is 6.52. The lowest BCUT2D eigenvalue weighted by Crippen LogP contribution is -2.42. The number of aromatic carboxylic acids is 1. The average Bonchev–Trinajstić information content (AvgIpc) is 2.37. The first-order valence-electron chi connectivity index (χ1n) is 6.19. The van der Waals surface area contributed by atoms with Crippen LogP contribution in [0.2, 0.25) is 0 Å². The van der Waals surface area contributed by atoms with Crippen molar-refractivity contribution in [1.29, 1.82) is 0 Å². The van der Waals surface area contributed by atoms with E-state index in [-0.39, 0.29) is 12.1 Å². The molecule has 0 aliphatic heterocycles. The summed E-state index contributed by atoms with van der Waals surface area (Å²) in [6.07, 6.45) is 1.64. The topological polar surface area (TPSA) is 69.6 Å². The predicted molar refractivity (Wildman–Crippen MR) is 70.6 cm³/mol. The zero-order chi connectivity index (χ0) is 13.6. The van der Waals surface area contributed by atoms with Gasteiger partial charge in [0.2, 0.25) is 0 Å². The van der Waals surface area contributed by atoms with Crippen LogP contribution in [0.3, 0.4) is 0 Å². The van der Waals surface area contributed by atoms with Crippen molar-refractivity contribution >= 4 is 5.97 Å². The molecule has 0 fully saturated rings. The molecule has 0 saturated heterocycles. The van der Waals surface area contributed by atoms with E-state index in [1.54, 1.807) is 12.1 Å². The Labute approximate surface area is 108 Å². The van der Waals surface area contributed by atoms with Gasteiger partial charge in [0, 0.05) is 18.7 Å². The molecule has 0 saturated carbocycles. The van der Waals surface area contributed by atoms with Crippen LogP contribution in [0.1, 0.15) is 42.6 Å². The Morgan fingerprint density at radius 2 is 1.94 bits per heavy atom. The van der Waals surface area contributed by atoms with Crippen molar-refractivity contribution in [2.45, 2.75) is 38.8 Å². The first-order valence-corrected chi connectivity index (χ1v) is 6.19. The van der Waals surface area contributed by atoms with Gasteiger partial charge in [-0.15, -0.1) is 0 Å². The summed E-state index contributed by atoms with van der Waals surface area (Å²) in [6, 6.07) is 6.83. The summed E-state index contributed by atoms with van der Waals surface area (Å²) in [7, 11) is 0. The third kappa shape index (κ3) is 4.13.